The van der Waals surface area contributed by atoms with Crippen LogP contribution in [0, 0.1) is 11.6 Å². The lowest BCUT2D eigenvalue weighted by atomic mass is 10.1. The quantitative estimate of drug-likeness (QED) is 0.591. The van der Waals surface area contributed by atoms with Crippen molar-refractivity contribution in [3.8, 4) is 0 Å². The van der Waals surface area contributed by atoms with E-state index in [1.165, 1.54) is 9.97 Å². The van der Waals surface area contributed by atoms with Gasteiger partial charge in [-0.2, -0.15) is 8.78 Å². The lowest BCUT2D eigenvalue weighted by Gasteiger charge is -2.17. The highest BCUT2D eigenvalue weighted by molar-refractivity contribution is 6.02. The van der Waals surface area contributed by atoms with E-state index < -0.39 is 57.6 Å². The molecular weight excluding hydrogens is 374 g/mol. The van der Waals surface area contributed by atoms with Gasteiger partial charge in [0.1, 0.15) is 0 Å². The van der Waals surface area contributed by atoms with Crippen LogP contribution in [0.1, 0.15) is 9.59 Å². The van der Waals surface area contributed by atoms with Crippen molar-refractivity contribution in [1.29, 1.82) is 0 Å². The number of carbonyl (C=O) groups excluding carboxylic acids is 2. The Kier molecular flexibility index (Phi) is 5.26. The van der Waals surface area contributed by atoms with E-state index in [9.17, 15) is 37.5 Å². The molecule has 2 aromatic rings. The number of methoxy groups -OCH3 is 1. The van der Waals surface area contributed by atoms with Crippen LogP contribution < -0.4 is 22.5 Å². The second kappa shape index (κ2) is 7.25. The topological polar surface area (TPSA) is 153 Å². The number of aromatic amines is 2. The zero-order valence-electron chi connectivity index (χ0n) is 13.4. The van der Waals surface area contributed by atoms with Gasteiger partial charge in [-0.3, -0.25) is 29.1 Å². The Bertz CT molecular complexity index is 1190. The molecule has 0 radical (unpaired) electrons. The van der Waals surface area contributed by atoms with Crippen LogP contribution in [-0.2, 0) is 4.74 Å². The van der Waals surface area contributed by atoms with Gasteiger partial charge in [0.25, 0.3) is 22.9 Å². The average molecular weight is 384 g/mol. The number of nitrogens with one attached hydrogen (secondary N) is 2. The van der Waals surface area contributed by atoms with Crippen molar-refractivity contribution in [2.75, 3.05) is 7.11 Å². The van der Waals surface area contributed by atoms with Crippen LogP contribution in [-0.4, -0.2) is 44.1 Å². The predicted octanol–water partition coefficient (Wildman–Crippen LogP) is -1.78. The molecule has 1 unspecified atom stereocenters. The number of nitrogens with zero attached hydrogens (tertiary/aromatic N) is 2. The van der Waals surface area contributed by atoms with Crippen molar-refractivity contribution < 1.29 is 23.1 Å². The monoisotopic (exact) mass is 384 g/mol. The van der Waals surface area contributed by atoms with E-state index in [1.54, 1.807) is 0 Å². The number of carbonyl (C=O) groups is 2. The number of rotatable bonds is 4. The third kappa shape index (κ3) is 3.62. The first-order valence-corrected chi connectivity index (χ1v) is 6.92. The molecular formula is C14H10F2N4O7. The number of H-pyrrole nitrogens is 2. The first-order valence-electron chi connectivity index (χ1n) is 6.92. The first-order chi connectivity index (χ1) is 12.6. The van der Waals surface area contributed by atoms with E-state index in [0.29, 0.717) is 0 Å². The van der Waals surface area contributed by atoms with Crippen molar-refractivity contribution in [3.05, 3.63) is 77.9 Å². The van der Waals surface area contributed by atoms with Crippen LogP contribution in [0.4, 0.5) is 8.78 Å². The summed E-state index contributed by atoms with van der Waals surface area (Å²) in [7, 11) is 0.935. The highest BCUT2D eigenvalue weighted by Gasteiger charge is 2.30. The van der Waals surface area contributed by atoms with Gasteiger partial charge >= 0.3 is 11.4 Å². The summed E-state index contributed by atoms with van der Waals surface area (Å²) in [4.78, 5) is 73.0. The summed E-state index contributed by atoms with van der Waals surface area (Å²) in [6.07, 6.45) is -1.35. The lowest BCUT2D eigenvalue weighted by Crippen LogP contribution is -2.44. The molecule has 0 aromatic carbocycles. The van der Waals surface area contributed by atoms with Gasteiger partial charge in [-0.1, -0.05) is 6.58 Å². The summed E-state index contributed by atoms with van der Waals surface area (Å²) in [5, 5.41) is 0. The van der Waals surface area contributed by atoms with Gasteiger partial charge in [0, 0.05) is 12.7 Å². The lowest BCUT2D eigenvalue weighted by molar-refractivity contribution is 0.0565. The van der Waals surface area contributed by atoms with Crippen molar-refractivity contribution in [3.63, 3.8) is 0 Å². The smallest absolute Gasteiger partial charge is 0.335 e. The van der Waals surface area contributed by atoms with Gasteiger partial charge in [-0.15, -0.1) is 0 Å². The predicted molar refractivity (Wildman–Crippen MR) is 83.8 cm³/mol. The fourth-order valence-electron chi connectivity index (χ4n) is 2.00. The van der Waals surface area contributed by atoms with Crippen molar-refractivity contribution in [1.82, 2.24) is 19.1 Å². The third-order valence-corrected chi connectivity index (χ3v) is 3.30. The van der Waals surface area contributed by atoms with Crippen LogP contribution in [0.5, 0.6) is 0 Å². The normalized spacial score (nSPS) is 11.8. The van der Waals surface area contributed by atoms with Crippen molar-refractivity contribution in [2.45, 2.75) is 6.10 Å². The average Bonchev–Trinajstić information content (AvgIpc) is 2.61. The molecule has 13 heteroatoms. The molecule has 1 atom stereocenters. The molecule has 11 nitrogen and oxygen atoms in total. The molecule has 27 heavy (non-hydrogen) atoms. The van der Waals surface area contributed by atoms with E-state index in [2.05, 4.69) is 6.58 Å². The molecule has 0 spiro atoms. The Morgan fingerprint density at radius 1 is 1.00 bits per heavy atom. The Balaban J connectivity index is 2.47. The number of hydrogen-bond donors (Lipinski definition) is 2. The van der Waals surface area contributed by atoms with Crippen molar-refractivity contribution >= 4 is 11.8 Å². The zero-order valence-corrected chi connectivity index (χ0v) is 13.4. The third-order valence-electron chi connectivity index (χ3n) is 3.30. The summed E-state index contributed by atoms with van der Waals surface area (Å²) >= 11 is 0. The van der Waals surface area contributed by atoms with Crippen LogP contribution in [0.15, 0.2) is 43.7 Å². The SMILES string of the molecule is C=C(C(=O)n1cc(F)c(=O)[nH]c1=O)C(OC)C(=O)n1cc(F)c(=O)[nH]c1=O. The van der Waals surface area contributed by atoms with Crippen LogP contribution in [0.3, 0.4) is 0 Å². The number of ether oxygens (including phenoxy) is 1. The maximum absolute atomic E-state index is 13.3. The summed E-state index contributed by atoms with van der Waals surface area (Å²) in [5.74, 6) is -5.59. The van der Waals surface area contributed by atoms with Crippen LogP contribution in [0.25, 0.3) is 0 Å². The first kappa shape index (κ1) is 19.6. The number of aromatic nitrogens is 4. The van der Waals surface area contributed by atoms with E-state index in [0.717, 1.165) is 7.11 Å². The second-order valence-corrected chi connectivity index (χ2v) is 5.00. The van der Waals surface area contributed by atoms with Gasteiger partial charge in [-0.25, -0.2) is 18.7 Å². The van der Waals surface area contributed by atoms with E-state index in [-0.39, 0.29) is 21.5 Å². The minimum absolute atomic E-state index is 0.120. The standard InChI is InChI=1S/C14H10F2N4O7/c1-5(11(23)19-3-6(15)9(21)17-13(19)25)8(27-2)12(24)20-4-7(16)10(22)18-14(20)26/h3-4,8H,1H2,2H3,(H,17,21,25)(H,18,22,26). The summed E-state index contributed by atoms with van der Waals surface area (Å²) in [5.41, 5.74) is -6.12. The molecule has 0 aliphatic heterocycles. The molecule has 0 bridgehead atoms. The molecule has 2 rings (SSSR count). The molecule has 2 N–H and O–H groups in total. The Morgan fingerprint density at radius 3 is 1.93 bits per heavy atom. The summed E-state index contributed by atoms with van der Waals surface area (Å²) in [6, 6.07) is 0. The highest BCUT2D eigenvalue weighted by atomic mass is 19.1. The number of halogens is 2. The molecule has 0 aliphatic rings. The van der Waals surface area contributed by atoms with Gasteiger partial charge in [0.05, 0.1) is 12.4 Å². The maximum Gasteiger partial charge on any atom is 0.335 e. The van der Waals surface area contributed by atoms with Gasteiger partial charge in [0.2, 0.25) is 11.6 Å². The molecule has 2 aromatic heterocycles. The second-order valence-electron chi connectivity index (χ2n) is 5.00. The molecule has 0 saturated heterocycles. The fourth-order valence-corrected chi connectivity index (χ4v) is 2.00. The Morgan fingerprint density at radius 2 is 1.44 bits per heavy atom. The van der Waals surface area contributed by atoms with Crippen LogP contribution in [0.2, 0.25) is 0 Å². The van der Waals surface area contributed by atoms with Crippen molar-refractivity contribution in [2.24, 2.45) is 0 Å². The van der Waals surface area contributed by atoms with Gasteiger partial charge in [0.15, 0.2) is 6.10 Å². The molecule has 0 saturated carbocycles. The maximum atomic E-state index is 13.3. The zero-order chi connectivity index (χ0) is 20.5. The summed E-state index contributed by atoms with van der Waals surface area (Å²) in [6.45, 7) is 3.26. The molecule has 0 amide bonds. The van der Waals surface area contributed by atoms with E-state index in [4.69, 9.17) is 4.74 Å². The van der Waals surface area contributed by atoms with Gasteiger partial charge < -0.3 is 4.74 Å². The molecule has 142 valence electrons. The van der Waals surface area contributed by atoms with E-state index >= 15 is 0 Å². The Hall–Kier alpha value is -3.74. The minimum atomic E-state index is -1.90. The van der Waals surface area contributed by atoms with E-state index in [1.807, 2.05) is 0 Å². The largest absolute Gasteiger partial charge is 0.367 e. The number of hydrogen-bond acceptors (Lipinski definition) is 7. The summed E-state index contributed by atoms with van der Waals surface area (Å²) < 4.78 is 31.7. The minimum Gasteiger partial charge on any atom is -0.367 e. The van der Waals surface area contributed by atoms with Crippen LogP contribution >= 0.6 is 0 Å². The fraction of sp³-hybridized carbons (Fsp3) is 0.143. The Labute approximate surface area is 146 Å². The van der Waals surface area contributed by atoms with Gasteiger partial charge in [-0.05, 0) is 0 Å². The molecule has 2 heterocycles. The highest BCUT2D eigenvalue weighted by Crippen LogP contribution is 2.09. The molecule has 0 fully saturated rings. The molecule has 0 aliphatic carbocycles.